The van der Waals surface area contributed by atoms with Crippen molar-refractivity contribution in [1.82, 2.24) is 9.88 Å². The third-order valence-electron chi connectivity index (χ3n) is 5.26. The summed E-state index contributed by atoms with van der Waals surface area (Å²) in [5, 5.41) is 0. The van der Waals surface area contributed by atoms with Crippen molar-refractivity contribution in [3.05, 3.63) is 42.7 Å². The zero-order chi connectivity index (χ0) is 16.4. The number of ether oxygens (including phenoxy) is 1. The standard InChI is InChI=1S/C20H25N3O/c1-24-20-6-2-5-17(11-20)18-10-19(13-21-12-18)23-9-8-22-7-3-4-16(14-22)15-23/h2,5-6,10-13,16H,3-4,7-9,14-15H2,1H3. The Bertz CT molecular complexity index is 703. The molecule has 24 heavy (non-hydrogen) atoms. The van der Waals surface area contributed by atoms with Gasteiger partial charge in [0.15, 0.2) is 0 Å². The van der Waals surface area contributed by atoms with Crippen molar-refractivity contribution in [2.75, 3.05) is 44.7 Å². The average molecular weight is 323 g/mol. The summed E-state index contributed by atoms with van der Waals surface area (Å²) in [5.74, 6) is 1.68. The normalized spacial score (nSPS) is 23.6. The molecule has 2 unspecified atom stereocenters. The maximum Gasteiger partial charge on any atom is 0.119 e. The molecule has 3 heterocycles. The molecule has 2 fully saturated rings. The average Bonchev–Trinajstić information content (AvgIpc) is 2.79. The highest BCUT2D eigenvalue weighted by atomic mass is 16.5. The number of rotatable bonds is 3. The summed E-state index contributed by atoms with van der Waals surface area (Å²) in [4.78, 5) is 9.65. The molecule has 4 heteroatoms. The summed E-state index contributed by atoms with van der Waals surface area (Å²) < 4.78 is 5.35. The zero-order valence-electron chi connectivity index (χ0n) is 14.3. The summed E-state index contributed by atoms with van der Waals surface area (Å²) in [7, 11) is 1.71. The summed E-state index contributed by atoms with van der Waals surface area (Å²) >= 11 is 0. The van der Waals surface area contributed by atoms with Crippen LogP contribution in [0, 0.1) is 5.92 Å². The molecule has 4 nitrogen and oxygen atoms in total. The second kappa shape index (κ2) is 6.81. The number of hydrogen-bond acceptors (Lipinski definition) is 4. The number of hydrogen-bond donors (Lipinski definition) is 0. The van der Waals surface area contributed by atoms with Crippen molar-refractivity contribution < 1.29 is 4.74 Å². The van der Waals surface area contributed by atoms with Crippen molar-refractivity contribution in [3.63, 3.8) is 0 Å². The molecule has 2 aromatic rings. The van der Waals surface area contributed by atoms with Gasteiger partial charge in [-0.2, -0.15) is 0 Å². The van der Waals surface area contributed by atoms with Crippen LogP contribution < -0.4 is 9.64 Å². The predicted molar refractivity (Wildman–Crippen MR) is 97.6 cm³/mol. The zero-order valence-corrected chi connectivity index (χ0v) is 14.3. The van der Waals surface area contributed by atoms with Gasteiger partial charge in [0.25, 0.3) is 0 Å². The SMILES string of the molecule is COc1cccc(-c2cncc(N3CCN4CCCC(C4)C3)c2)c1. The molecule has 4 rings (SSSR count). The maximum atomic E-state index is 5.35. The van der Waals surface area contributed by atoms with Gasteiger partial charge in [0.2, 0.25) is 0 Å². The van der Waals surface area contributed by atoms with Crippen molar-refractivity contribution in [2.24, 2.45) is 5.92 Å². The van der Waals surface area contributed by atoms with E-state index in [0.717, 1.165) is 35.9 Å². The van der Waals surface area contributed by atoms with Crippen molar-refractivity contribution >= 4 is 5.69 Å². The summed E-state index contributed by atoms with van der Waals surface area (Å²) in [6, 6.07) is 10.5. The molecule has 0 N–H and O–H groups in total. The molecule has 1 aromatic carbocycles. The van der Waals surface area contributed by atoms with Crippen LogP contribution in [0.3, 0.4) is 0 Å². The molecule has 2 atom stereocenters. The minimum absolute atomic E-state index is 0.793. The maximum absolute atomic E-state index is 5.35. The van der Waals surface area contributed by atoms with Crippen LogP contribution in [0.4, 0.5) is 5.69 Å². The topological polar surface area (TPSA) is 28.6 Å². The Kier molecular flexibility index (Phi) is 4.39. The Balaban J connectivity index is 1.60. The first-order chi connectivity index (χ1) is 11.8. The van der Waals surface area contributed by atoms with E-state index in [-0.39, 0.29) is 0 Å². The van der Waals surface area contributed by atoms with Crippen molar-refractivity contribution in [3.8, 4) is 16.9 Å². The Morgan fingerprint density at radius 1 is 1.04 bits per heavy atom. The molecular formula is C20H25N3O. The van der Waals surface area contributed by atoms with Crippen LogP contribution >= 0.6 is 0 Å². The molecule has 1 aromatic heterocycles. The molecule has 2 saturated heterocycles. The van der Waals surface area contributed by atoms with Gasteiger partial charge in [-0.1, -0.05) is 12.1 Å². The molecular weight excluding hydrogens is 298 g/mol. The van der Waals surface area contributed by atoms with Crippen LogP contribution in [0.25, 0.3) is 11.1 Å². The minimum atomic E-state index is 0.793. The Labute approximate surface area is 144 Å². The number of pyridine rings is 1. The van der Waals surface area contributed by atoms with Gasteiger partial charge < -0.3 is 14.5 Å². The van der Waals surface area contributed by atoms with E-state index in [4.69, 9.17) is 4.74 Å². The van der Waals surface area contributed by atoms with Crippen LogP contribution in [-0.2, 0) is 0 Å². The Morgan fingerprint density at radius 2 is 2.00 bits per heavy atom. The summed E-state index contributed by atoms with van der Waals surface area (Å²) in [6.07, 6.45) is 6.66. The number of methoxy groups -OCH3 is 1. The number of anilines is 1. The lowest BCUT2D eigenvalue weighted by molar-refractivity contribution is 0.201. The fourth-order valence-electron chi connectivity index (χ4n) is 3.96. The lowest BCUT2D eigenvalue weighted by Crippen LogP contribution is -2.35. The van der Waals surface area contributed by atoms with E-state index in [1.54, 1.807) is 7.11 Å². The molecule has 0 saturated carbocycles. The molecule has 2 aliphatic rings. The first-order valence-electron chi connectivity index (χ1n) is 8.88. The van der Waals surface area contributed by atoms with Gasteiger partial charge in [0, 0.05) is 37.9 Å². The lowest BCUT2D eigenvalue weighted by Gasteiger charge is -2.29. The second-order valence-electron chi connectivity index (χ2n) is 6.92. The molecule has 0 spiro atoms. The van der Waals surface area contributed by atoms with Crippen LogP contribution in [-0.4, -0.2) is 49.7 Å². The number of piperidine rings is 1. The number of fused-ring (bicyclic) bond motifs is 2. The van der Waals surface area contributed by atoms with Gasteiger partial charge in [-0.25, -0.2) is 0 Å². The number of aromatic nitrogens is 1. The largest absolute Gasteiger partial charge is 0.497 e. The minimum Gasteiger partial charge on any atom is -0.497 e. The van der Waals surface area contributed by atoms with E-state index < -0.39 is 0 Å². The van der Waals surface area contributed by atoms with E-state index in [0.29, 0.717) is 0 Å². The number of benzene rings is 1. The quantitative estimate of drug-likeness (QED) is 0.867. The van der Waals surface area contributed by atoms with Crippen molar-refractivity contribution in [2.45, 2.75) is 12.8 Å². The highest BCUT2D eigenvalue weighted by Crippen LogP contribution is 2.29. The fraction of sp³-hybridized carbons (Fsp3) is 0.450. The van der Waals surface area contributed by atoms with Gasteiger partial charge in [0.05, 0.1) is 19.0 Å². The molecule has 0 amide bonds. The third-order valence-corrected chi connectivity index (χ3v) is 5.26. The Morgan fingerprint density at radius 3 is 2.92 bits per heavy atom. The van der Waals surface area contributed by atoms with E-state index in [1.165, 1.54) is 38.2 Å². The number of nitrogens with zero attached hydrogens (tertiary/aromatic N) is 3. The molecule has 126 valence electrons. The highest BCUT2D eigenvalue weighted by Gasteiger charge is 2.26. The van der Waals surface area contributed by atoms with Crippen LogP contribution in [0.5, 0.6) is 5.75 Å². The summed E-state index contributed by atoms with van der Waals surface area (Å²) in [5.41, 5.74) is 3.55. The monoisotopic (exact) mass is 323 g/mol. The molecule has 0 aliphatic carbocycles. The van der Waals surface area contributed by atoms with Crippen LogP contribution in [0.1, 0.15) is 12.8 Å². The van der Waals surface area contributed by atoms with Gasteiger partial charge in [0.1, 0.15) is 5.75 Å². The fourth-order valence-corrected chi connectivity index (χ4v) is 3.96. The van der Waals surface area contributed by atoms with Gasteiger partial charge in [-0.05, 0) is 49.1 Å². The lowest BCUT2D eigenvalue weighted by atomic mass is 9.98. The second-order valence-corrected chi connectivity index (χ2v) is 6.92. The smallest absolute Gasteiger partial charge is 0.119 e. The molecule has 2 aliphatic heterocycles. The Hall–Kier alpha value is -2.07. The predicted octanol–water partition coefficient (Wildman–Crippen LogP) is 3.29. The first-order valence-corrected chi connectivity index (χ1v) is 8.88. The van der Waals surface area contributed by atoms with Crippen LogP contribution in [0.2, 0.25) is 0 Å². The van der Waals surface area contributed by atoms with E-state index in [9.17, 15) is 0 Å². The first kappa shape index (κ1) is 15.5. The van der Waals surface area contributed by atoms with E-state index in [2.05, 4.69) is 33.0 Å². The molecule has 0 radical (unpaired) electrons. The van der Waals surface area contributed by atoms with Crippen LogP contribution in [0.15, 0.2) is 42.7 Å². The highest BCUT2D eigenvalue weighted by molar-refractivity contribution is 5.68. The van der Waals surface area contributed by atoms with Crippen molar-refractivity contribution in [1.29, 1.82) is 0 Å². The van der Waals surface area contributed by atoms with E-state index in [1.807, 2.05) is 24.5 Å². The third kappa shape index (κ3) is 3.24. The molecule has 2 bridgehead atoms. The summed E-state index contributed by atoms with van der Waals surface area (Å²) in [6.45, 7) is 5.95. The van der Waals surface area contributed by atoms with E-state index >= 15 is 0 Å². The van der Waals surface area contributed by atoms with Gasteiger partial charge >= 0.3 is 0 Å². The van der Waals surface area contributed by atoms with Gasteiger partial charge in [-0.3, -0.25) is 4.98 Å². The van der Waals surface area contributed by atoms with Gasteiger partial charge in [-0.15, -0.1) is 0 Å².